The van der Waals surface area contributed by atoms with Gasteiger partial charge in [0.2, 0.25) is 0 Å². The number of allylic oxidation sites excluding steroid dienone is 1. The zero-order valence-electron chi connectivity index (χ0n) is 12.9. The summed E-state index contributed by atoms with van der Waals surface area (Å²) in [6.45, 7) is 4.49. The van der Waals surface area contributed by atoms with Crippen molar-refractivity contribution in [3.8, 4) is 6.07 Å². The SMILES string of the molecule is C=C(C#N)c1nc2ccccc2nc1N(C)Cc1ccccc1. The third kappa shape index (κ3) is 3.04. The maximum Gasteiger partial charge on any atom is 0.156 e. The summed E-state index contributed by atoms with van der Waals surface area (Å²) in [4.78, 5) is 11.3. The molecule has 112 valence electrons. The van der Waals surface area contributed by atoms with Crippen LogP contribution in [0.3, 0.4) is 0 Å². The number of rotatable bonds is 4. The monoisotopic (exact) mass is 300 g/mol. The molecule has 0 atom stereocenters. The molecule has 3 aromatic rings. The van der Waals surface area contributed by atoms with Crippen LogP contribution in [0.4, 0.5) is 5.82 Å². The van der Waals surface area contributed by atoms with Gasteiger partial charge in [0, 0.05) is 13.6 Å². The third-order valence-electron chi connectivity index (χ3n) is 3.60. The summed E-state index contributed by atoms with van der Waals surface area (Å²) in [5, 5.41) is 9.22. The molecule has 4 heteroatoms. The molecule has 0 radical (unpaired) electrons. The quantitative estimate of drug-likeness (QED) is 0.688. The number of hydrogen-bond donors (Lipinski definition) is 0. The molecule has 0 aliphatic carbocycles. The van der Waals surface area contributed by atoms with Crippen LogP contribution in [0.15, 0.2) is 61.2 Å². The maximum atomic E-state index is 9.22. The van der Waals surface area contributed by atoms with Crippen molar-refractivity contribution in [3.05, 3.63) is 72.4 Å². The van der Waals surface area contributed by atoms with Crippen LogP contribution in [0.5, 0.6) is 0 Å². The number of hydrogen-bond acceptors (Lipinski definition) is 4. The van der Waals surface area contributed by atoms with Crippen molar-refractivity contribution in [1.82, 2.24) is 9.97 Å². The fourth-order valence-corrected chi connectivity index (χ4v) is 2.44. The van der Waals surface area contributed by atoms with Crippen LogP contribution in [-0.2, 0) is 6.54 Å². The maximum absolute atomic E-state index is 9.22. The van der Waals surface area contributed by atoms with Crippen molar-refractivity contribution in [2.45, 2.75) is 6.54 Å². The molecular weight excluding hydrogens is 284 g/mol. The number of anilines is 1. The molecule has 0 amide bonds. The second-order valence-electron chi connectivity index (χ2n) is 5.32. The van der Waals surface area contributed by atoms with Crippen LogP contribution < -0.4 is 4.90 Å². The molecule has 0 aliphatic rings. The van der Waals surface area contributed by atoms with Gasteiger partial charge in [-0.3, -0.25) is 0 Å². The lowest BCUT2D eigenvalue weighted by atomic mass is 10.1. The Morgan fingerprint density at radius 1 is 1.04 bits per heavy atom. The van der Waals surface area contributed by atoms with E-state index in [9.17, 15) is 5.26 Å². The number of nitrogens with zero attached hydrogens (tertiary/aromatic N) is 4. The van der Waals surface area contributed by atoms with Gasteiger partial charge in [0.05, 0.1) is 16.6 Å². The first kappa shape index (κ1) is 14.7. The van der Waals surface area contributed by atoms with Crippen molar-refractivity contribution in [3.63, 3.8) is 0 Å². The standard InChI is InChI=1S/C19H16N4/c1-14(12-20)18-19(22-17-11-7-6-10-16(17)21-18)23(2)13-15-8-4-3-5-9-15/h3-11H,1,13H2,2H3. The molecule has 0 bridgehead atoms. The zero-order chi connectivity index (χ0) is 16.2. The summed E-state index contributed by atoms with van der Waals surface area (Å²) in [7, 11) is 1.94. The van der Waals surface area contributed by atoms with Gasteiger partial charge in [0.25, 0.3) is 0 Å². The van der Waals surface area contributed by atoms with Crippen LogP contribution in [0, 0.1) is 11.3 Å². The van der Waals surface area contributed by atoms with Gasteiger partial charge in [-0.05, 0) is 17.7 Å². The van der Waals surface area contributed by atoms with Crippen LogP contribution in [0.25, 0.3) is 16.6 Å². The summed E-state index contributed by atoms with van der Waals surface area (Å²) in [5.74, 6) is 0.666. The Morgan fingerprint density at radius 2 is 1.65 bits per heavy atom. The first-order valence-electron chi connectivity index (χ1n) is 7.30. The number of fused-ring (bicyclic) bond motifs is 1. The van der Waals surface area contributed by atoms with E-state index in [0.717, 1.165) is 11.0 Å². The summed E-state index contributed by atoms with van der Waals surface area (Å²) in [5.41, 5.74) is 3.58. The number of aromatic nitrogens is 2. The van der Waals surface area contributed by atoms with E-state index in [1.54, 1.807) is 0 Å². The van der Waals surface area contributed by atoms with Crippen LogP contribution in [-0.4, -0.2) is 17.0 Å². The average molecular weight is 300 g/mol. The molecule has 0 aliphatic heterocycles. The minimum atomic E-state index is 0.318. The molecule has 3 rings (SSSR count). The first-order valence-corrected chi connectivity index (χ1v) is 7.30. The van der Waals surface area contributed by atoms with E-state index in [4.69, 9.17) is 4.98 Å². The van der Waals surface area contributed by atoms with Crippen LogP contribution in [0.2, 0.25) is 0 Å². The second kappa shape index (κ2) is 6.29. The Morgan fingerprint density at radius 3 is 2.30 bits per heavy atom. The van der Waals surface area contributed by atoms with E-state index in [0.29, 0.717) is 23.6 Å². The van der Waals surface area contributed by atoms with E-state index < -0.39 is 0 Å². The second-order valence-corrected chi connectivity index (χ2v) is 5.32. The molecule has 0 saturated carbocycles. The van der Waals surface area contributed by atoms with Gasteiger partial charge >= 0.3 is 0 Å². The van der Waals surface area contributed by atoms with E-state index in [1.807, 2.05) is 54.4 Å². The largest absolute Gasteiger partial charge is 0.354 e. The highest BCUT2D eigenvalue weighted by Crippen LogP contribution is 2.25. The molecule has 0 unspecified atom stereocenters. The Hall–Kier alpha value is -3.19. The predicted molar refractivity (Wildman–Crippen MR) is 92.7 cm³/mol. The molecule has 0 N–H and O–H groups in total. The average Bonchev–Trinajstić information content (AvgIpc) is 2.60. The fourth-order valence-electron chi connectivity index (χ4n) is 2.44. The lowest BCUT2D eigenvalue weighted by Crippen LogP contribution is -2.20. The summed E-state index contributed by atoms with van der Waals surface area (Å²) < 4.78 is 0. The van der Waals surface area contributed by atoms with Gasteiger partial charge in [-0.1, -0.05) is 49.0 Å². The molecule has 23 heavy (non-hydrogen) atoms. The van der Waals surface area contributed by atoms with E-state index in [2.05, 4.69) is 29.8 Å². The highest BCUT2D eigenvalue weighted by molar-refractivity contribution is 5.85. The smallest absolute Gasteiger partial charge is 0.156 e. The molecular formula is C19H16N4. The van der Waals surface area contributed by atoms with Gasteiger partial charge in [0.1, 0.15) is 11.8 Å². The molecule has 0 spiro atoms. The Labute approximate surface area is 135 Å². The highest BCUT2D eigenvalue weighted by Gasteiger charge is 2.15. The van der Waals surface area contributed by atoms with Crippen LogP contribution >= 0.6 is 0 Å². The first-order chi connectivity index (χ1) is 11.2. The summed E-state index contributed by atoms with van der Waals surface area (Å²) >= 11 is 0. The van der Waals surface area contributed by atoms with Gasteiger partial charge in [-0.25, -0.2) is 9.97 Å². The van der Waals surface area contributed by atoms with Gasteiger partial charge in [-0.2, -0.15) is 5.26 Å². The van der Waals surface area contributed by atoms with Crippen molar-refractivity contribution < 1.29 is 0 Å². The van der Waals surface area contributed by atoms with Gasteiger partial charge < -0.3 is 4.90 Å². The highest BCUT2D eigenvalue weighted by atomic mass is 15.2. The van der Waals surface area contributed by atoms with Gasteiger partial charge in [0.15, 0.2) is 5.82 Å². The van der Waals surface area contributed by atoms with Crippen molar-refractivity contribution in [2.24, 2.45) is 0 Å². The number of benzene rings is 2. The Balaban J connectivity index is 2.07. The van der Waals surface area contributed by atoms with Crippen molar-refractivity contribution in [2.75, 3.05) is 11.9 Å². The van der Waals surface area contributed by atoms with E-state index in [1.165, 1.54) is 5.56 Å². The lowest BCUT2D eigenvalue weighted by Gasteiger charge is -2.21. The zero-order valence-corrected chi connectivity index (χ0v) is 12.9. The predicted octanol–water partition coefficient (Wildman–Crippen LogP) is 3.80. The Kier molecular flexibility index (Phi) is 4.03. The molecule has 1 heterocycles. The minimum absolute atomic E-state index is 0.318. The topological polar surface area (TPSA) is 52.8 Å². The van der Waals surface area contributed by atoms with Crippen LogP contribution in [0.1, 0.15) is 11.3 Å². The molecule has 4 nitrogen and oxygen atoms in total. The minimum Gasteiger partial charge on any atom is -0.354 e. The van der Waals surface area contributed by atoms with Crippen molar-refractivity contribution in [1.29, 1.82) is 5.26 Å². The summed E-state index contributed by atoms with van der Waals surface area (Å²) in [6, 6.07) is 19.8. The molecule has 2 aromatic carbocycles. The Bertz CT molecular complexity index is 894. The molecule has 1 aromatic heterocycles. The fraction of sp³-hybridized carbons (Fsp3) is 0.105. The van der Waals surface area contributed by atoms with Crippen molar-refractivity contribution >= 4 is 22.4 Å². The lowest BCUT2D eigenvalue weighted by molar-refractivity contribution is 0.894. The van der Waals surface area contributed by atoms with E-state index in [-0.39, 0.29) is 0 Å². The number of nitriles is 1. The number of para-hydroxylation sites is 2. The third-order valence-corrected chi connectivity index (χ3v) is 3.60. The molecule has 0 saturated heterocycles. The molecule has 0 fully saturated rings. The normalized spacial score (nSPS) is 10.3. The van der Waals surface area contributed by atoms with E-state index >= 15 is 0 Å². The van der Waals surface area contributed by atoms with Gasteiger partial charge in [-0.15, -0.1) is 0 Å². The summed E-state index contributed by atoms with van der Waals surface area (Å²) in [6.07, 6.45) is 0.